The summed E-state index contributed by atoms with van der Waals surface area (Å²) in [4.78, 5) is 17.7. The largest absolute Gasteiger partial charge is 0.500 e. The second-order valence-electron chi connectivity index (χ2n) is 6.92. The number of carbonyl (C=O) groups is 1. The van der Waals surface area contributed by atoms with Gasteiger partial charge in [0.15, 0.2) is 5.78 Å². The summed E-state index contributed by atoms with van der Waals surface area (Å²) in [5.41, 5.74) is 6.03. The number of nitrogens with zero attached hydrogens (tertiary/aromatic N) is 1. The van der Waals surface area contributed by atoms with Crippen molar-refractivity contribution in [3.8, 4) is 5.88 Å². The van der Waals surface area contributed by atoms with Gasteiger partial charge in [-0.2, -0.15) is 0 Å². The Balaban J connectivity index is 1.94. The quantitative estimate of drug-likeness (QED) is 0.810. The van der Waals surface area contributed by atoms with Crippen molar-refractivity contribution >= 4 is 11.4 Å². The molecule has 0 saturated heterocycles. The van der Waals surface area contributed by atoms with Crippen LogP contribution in [0.15, 0.2) is 36.1 Å². The van der Waals surface area contributed by atoms with Crippen molar-refractivity contribution in [3.63, 3.8) is 0 Å². The standard InChI is InChI=1S/C22H25NO3/c1-13-9-14(2)20(15(3)10-13)21-18(25-4)12-16(22(21)24)11-17-7-6-8-19(23-17)26-5/h6-10,16H,11-12H2,1-5H3. The molecule has 1 aliphatic carbocycles. The molecule has 3 rings (SSSR count). The van der Waals surface area contributed by atoms with Gasteiger partial charge in [-0.1, -0.05) is 23.8 Å². The Labute approximate surface area is 154 Å². The van der Waals surface area contributed by atoms with E-state index in [1.54, 1.807) is 14.2 Å². The number of aromatic nitrogens is 1. The Morgan fingerprint density at radius 1 is 1.08 bits per heavy atom. The predicted octanol–water partition coefficient (Wildman–Crippen LogP) is 4.20. The van der Waals surface area contributed by atoms with Gasteiger partial charge >= 0.3 is 0 Å². The minimum absolute atomic E-state index is 0.140. The molecule has 1 aromatic carbocycles. The van der Waals surface area contributed by atoms with Gasteiger partial charge in [-0.25, -0.2) is 4.98 Å². The molecule has 0 spiro atoms. The molecule has 0 saturated carbocycles. The Bertz CT molecular complexity index is 860. The Morgan fingerprint density at radius 3 is 2.38 bits per heavy atom. The summed E-state index contributed by atoms with van der Waals surface area (Å²) >= 11 is 0. The minimum Gasteiger partial charge on any atom is -0.500 e. The molecule has 26 heavy (non-hydrogen) atoms. The molecule has 0 bridgehead atoms. The molecule has 0 N–H and O–H groups in total. The predicted molar refractivity (Wildman–Crippen MR) is 102 cm³/mol. The average molecular weight is 351 g/mol. The van der Waals surface area contributed by atoms with Crippen LogP contribution in [0.25, 0.3) is 5.57 Å². The summed E-state index contributed by atoms with van der Waals surface area (Å²) in [5, 5.41) is 0. The minimum atomic E-state index is -0.153. The third kappa shape index (κ3) is 3.36. The Kier molecular flexibility index (Phi) is 5.12. The first-order chi connectivity index (χ1) is 12.4. The van der Waals surface area contributed by atoms with Crippen LogP contribution in [0, 0.1) is 26.7 Å². The zero-order chi connectivity index (χ0) is 18.8. The summed E-state index contributed by atoms with van der Waals surface area (Å²) in [6.07, 6.45) is 1.19. The fraction of sp³-hybridized carbons (Fsp3) is 0.364. The van der Waals surface area contributed by atoms with Gasteiger partial charge in [0, 0.05) is 30.5 Å². The molecular weight excluding hydrogens is 326 g/mol. The molecular formula is C22H25NO3. The molecule has 4 nitrogen and oxygen atoms in total. The van der Waals surface area contributed by atoms with Crippen molar-refractivity contribution in [2.45, 2.75) is 33.6 Å². The van der Waals surface area contributed by atoms with Crippen LogP contribution in [0.3, 0.4) is 0 Å². The number of hydrogen-bond donors (Lipinski definition) is 0. The van der Waals surface area contributed by atoms with Gasteiger partial charge in [0.25, 0.3) is 0 Å². The molecule has 4 heteroatoms. The monoisotopic (exact) mass is 351 g/mol. The normalized spacial score (nSPS) is 17.0. The maximum atomic E-state index is 13.2. The molecule has 1 heterocycles. The molecule has 1 atom stereocenters. The van der Waals surface area contributed by atoms with Gasteiger partial charge in [0.05, 0.1) is 19.8 Å². The molecule has 136 valence electrons. The highest BCUT2D eigenvalue weighted by atomic mass is 16.5. The van der Waals surface area contributed by atoms with Crippen LogP contribution in [-0.4, -0.2) is 25.0 Å². The van der Waals surface area contributed by atoms with Gasteiger partial charge in [-0.05, 0) is 43.5 Å². The van der Waals surface area contributed by atoms with E-state index in [0.29, 0.717) is 18.7 Å². The van der Waals surface area contributed by atoms with Crippen LogP contribution in [0.4, 0.5) is 0 Å². The Hall–Kier alpha value is -2.62. The fourth-order valence-corrected chi connectivity index (χ4v) is 3.88. The lowest BCUT2D eigenvalue weighted by Gasteiger charge is -2.14. The smallest absolute Gasteiger partial charge is 0.213 e. The number of pyridine rings is 1. The van der Waals surface area contributed by atoms with Crippen LogP contribution in [0.2, 0.25) is 0 Å². The van der Waals surface area contributed by atoms with E-state index in [1.165, 1.54) is 5.56 Å². The van der Waals surface area contributed by atoms with Crippen LogP contribution in [0.5, 0.6) is 5.88 Å². The topological polar surface area (TPSA) is 48.4 Å². The molecule has 0 radical (unpaired) electrons. The number of methoxy groups -OCH3 is 2. The summed E-state index contributed by atoms with van der Waals surface area (Å²) in [5.74, 6) is 1.33. The number of ether oxygens (including phenoxy) is 2. The summed E-state index contributed by atoms with van der Waals surface area (Å²) in [7, 11) is 3.24. The maximum Gasteiger partial charge on any atom is 0.213 e. The van der Waals surface area contributed by atoms with Gasteiger partial charge in [-0.15, -0.1) is 0 Å². The molecule has 0 fully saturated rings. The lowest BCUT2D eigenvalue weighted by atomic mass is 9.90. The Morgan fingerprint density at radius 2 is 1.77 bits per heavy atom. The van der Waals surface area contributed by atoms with Crippen LogP contribution < -0.4 is 4.74 Å². The van der Waals surface area contributed by atoms with Crippen molar-refractivity contribution in [2.75, 3.05) is 14.2 Å². The number of allylic oxidation sites excluding steroid dienone is 2. The maximum absolute atomic E-state index is 13.2. The number of rotatable bonds is 5. The third-order valence-corrected chi connectivity index (χ3v) is 4.95. The van der Waals surface area contributed by atoms with E-state index in [0.717, 1.165) is 33.7 Å². The first-order valence-corrected chi connectivity index (χ1v) is 8.84. The van der Waals surface area contributed by atoms with E-state index >= 15 is 0 Å². The van der Waals surface area contributed by atoms with Crippen molar-refractivity contribution in [1.29, 1.82) is 0 Å². The fourth-order valence-electron chi connectivity index (χ4n) is 3.88. The molecule has 1 aliphatic rings. The molecule has 0 amide bonds. The van der Waals surface area contributed by atoms with E-state index in [4.69, 9.17) is 9.47 Å². The number of benzene rings is 1. The van der Waals surface area contributed by atoms with Crippen LogP contribution in [0.1, 0.15) is 34.4 Å². The third-order valence-electron chi connectivity index (χ3n) is 4.95. The van der Waals surface area contributed by atoms with E-state index in [-0.39, 0.29) is 11.7 Å². The average Bonchev–Trinajstić information content (AvgIpc) is 2.90. The summed E-state index contributed by atoms with van der Waals surface area (Å²) < 4.78 is 10.8. The van der Waals surface area contributed by atoms with E-state index < -0.39 is 0 Å². The van der Waals surface area contributed by atoms with E-state index in [2.05, 4.69) is 37.9 Å². The highest BCUT2D eigenvalue weighted by molar-refractivity contribution is 6.25. The SMILES string of the molecule is COC1=C(c2c(C)cc(C)cc2C)C(=O)C(Cc2cccc(OC)n2)C1. The van der Waals surface area contributed by atoms with Gasteiger partial charge < -0.3 is 9.47 Å². The van der Waals surface area contributed by atoms with Gasteiger partial charge in [0.2, 0.25) is 5.88 Å². The van der Waals surface area contributed by atoms with Crippen molar-refractivity contribution in [3.05, 3.63) is 64.0 Å². The second kappa shape index (κ2) is 7.32. The lowest BCUT2D eigenvalue weighted by molar-refractivity contribution is -0.116. The van der Waals surface area contributed by atoms with Gasteiger partial charge in [-0.3, -0.25) is 4.79 Å². The number of hydrogen-bond acceptors (Lipinski definition) is 4. The number of ketones is 1. The van der Waals surface area contributed by atoms with Crippen molar-refractivity contribution < 1.29 is 14.3 Å². The summed E-state index contributed by atoms with van der Waals surface area (Å²) in [6, 6.07) is 9.88. The molecule has 1 unspecified atom stereocenters. The van der Waals surface area contributed by atoms with E-state index in [1.807, 2.05) is 18.2 Å². The first-order valence-electron chi connectivity index (χ1n) is 8.84. The lowest BCUT2D eigenvalue weighted by Crippen LogP contribution is -2.14. The molecule has 2 aromatic rings. The van der Waals surface area contributed by atoms with Crippen molar-refractivity contribution in [2.24, 2.45) is 5.92 Å². The molecule has 0 aliphatic heterocycles. The van der Waals surface area contributed by atoms with E-state index in [9.17, 15) is 4.79 Å². The van der Waals surface area contributed by atoms with Crippen LogP contribution in [-0.2, 0) is 16.0 Å². The summed E-state index contributed by atoms with van der Waals surface area (Å²) in [6.45, 7) is 6.18. The highest BCUT2D eigenvalue weighted by Crippen LogP contribution is 2.39. The second-order valence-corrected chi connectivity index (χ2v) is 6.92. The van der Waals surface area contributed by atoms with Crippen molar-refractivity contribution in [1.82, 2.24) is 4.98 Å². The number of carbonyl (C=O) groups excluding carboxylic acids is 1. The number of Topliss-reactive ketones (excluding diaryl/α,β-unsaturated/α-hetero) is 1. The zero-order valence-corrected chi connectivity index (χ0v) is 16.1. The first kappa shape index (κ1) is 18.2. The van der Waals surface area contributed by atoms with Gasteiger partial charge in [0.1, 0.15) is 5.76 Å². The number of aryl methyl sites for hydroxylation is 3. The van der Waals surface area contributed by atoms with Crippen LogP contribution >= 0.6 is 0 Å². The highest BCUT2D eigenvalue weighted by Gasteiger charge is 2.36. The molecule has 1 aromatic heterocycles. The zero-order valence-electron chi connectivity index (χ0n) is 16.1.